The summed E-state index contributed by atoms with van der Waals surface area (Å²) in [6.45, 7) is 7.17. The number of aliphatic carboxylic acids is 1. The summed E-state index contributed by atoms with van der Waals surface area (Å²) in [5.74, 6) is -2.39. The number of hydrogen-bond acceptors (Lipinski definition) is 5. The minimum absolute atomic E-state index is 0.0508. The molecule has 2 amide bonds. The van der Waals surface area contributed by atoms with Crippen LogP contribution in [0.3, 0.4) is 0 Å². The van der Waals surface area contributed by atoms with E-state index in [0.29, 0.717) is 6.42 Å². The van der Waals surface area contributed by atoms with Crippen LogP contribution in [0.25, 0.3) is 0 Å². The lowest BCUT2D eigenvalue weighted by Crippen LogP contribution is -2.57. The molecular formula is C14H27N3O4S. The van der Waals surface area contributed by atoms with Crippen molar-refractivity contribution in [2.75, 3.05) is 5.75 Å². The summed E-state index contributed by atoms with van der Waals surface area (Å²) in [5, 5.41) is 14.1. The fourth-order valence-corrected chi connectivity index (χ4v) is 1.96. The second-order valence-corrected chi connectivity index (χ2v) is 6.09. The first kappa shape index (κ1) is 20.7. The van der Waals surface area contributed by atoms with Gasteiger partial charge in [-0.25, -0.2) is 4.79 Å². The molecule has 0 aliphatic rings. The van der Waals surface area contributed by atoms with Gasteiger partial charge in [-0.05, 0) is 11.8 Å². The van der Waals surface area contributed by atoms with Gasteiger partial charge in [0.1, 0.15) is 12.1 Å². The van der Waals surface area contributed by atoms with Crippen molar-refractivity contribution in [3.63, 3.8) is 0 Å². The van der Waals surface area contributed by atoms with Crippen molar-refractivity contribution in [1.29, 1.82) is 0 Å². The normalized spacial score (nSPS) is 16.5. The Hall–Kier alpha value is -1.28. The Morgan fingerprint density at radius 1 is 1.14 bits per heavy atom. The first-order chi connectivity index (χ1) is 10.1. The molecule has 0 bridgehead atoms. The number of rotatable bonds is 9. The second kappa shape index (κ2) is 9.68. The lowest BCUT2D eigenvalue weighted by Gasteiger charge is -2.25. The standard InChI is InChI=1S/C14H27N3O4S/c1-5-8(4)11(14(20)21)17-12(18)9(6-22)16-13(19)10(15)7(2)3/h7-11,22H,5-6,15H2,1-4H3,(H,16,19)(H,17,18)(H,20,21)/t8-,9-,10-,11-/m0/s1. The van der Waals surface area contributed by atoms with E-state index in [1.807, 2.05) is 6.92 Å². The molecule has 0 spiro atoms. The van der Waals surface area contributed by atoms with Gasteiger partial charge in [0.25, 0.3) is 0 Å². The maximum atomic E-state index is 12.2. The van der Waals surface area contributed by atoms with E-state index < -0.39 is 35.9 Å². The van der Waals surface area contributed by atoms with E-state index in [4.69, 9.17) is 5.73 Å². The summed E-state index contributed by atoms with van der Waals surface area (Å²) in [7, 11) is 0. The van der Waals surface area contributed by atoms with E-state index in [1.54, 1.807) is 20.8 Å². The molecule has 0 saturated carbocycles. The fraction of sp³-hybridized carbons (Fsp3) is 0.786. The number of hydrogen-bond donors (Lipinski definition) is 5. The summed E-state index contributed by atoms with van der Waals surface area (Å²) >= 11 is 4.03. The van der Waals surface area contributed by atoms with Crippen LogP contribution in [0.2, 0.25) is 0 Å². The van der Waals surface area contributed by atoms with Crippen LogP contribution in [0, 0.1) is 11.8 Å². The molecule has 0 unspecified atom stereocenters. The molecule has 0 fully saturated rings. The van der Waals surface area contributed by atoms with Crippen molar-refractivity contribution in [2.45, 2.75) is 52.2 Å². The molecule has 0 rings (SSSR count). The van der Waals surface area contributed by atoms with Crippen molar-refractivity contribution < 1.29 is 19.5 Å². The molecule has 5 N–H and O–H groups in total. The highest BCUT2D eigenvalue weighted by atomic mass is 32.1. The van der Waals surface area contributed by atoms with Crippen molar-refractivity contribution in [1.82, 2.24) is 10.6 Å². The number of thiol groups is 1. The van der Waals surface area contributed by atoms with E-state index in [0.717, 1.165) is 0 Å². The van der Waals surface area contributed by atoms with Gasteiger partial charge in [0, 0.05) is 5.75 Å². The quantitative estimate of drug-likeness (QED) is 0.380. The van der Waals surface area contributed by atoms with Gasteiger partial charge in [0.2, 0.25) is 11.8 Å². The zero-order valence-electron chi connectivity index (χ0n) is 13.5. The van der Waals surface area contributed by atoms with Crippen LogP contribution >= 0.6 is 12.6 Å². The predicted octanol–water partition coefficient (Wildman–Crippen LogP) is -0.000200. The third-order valence-electron chi connectivity index (χ3n) is 3.61. The van der Waals surface area contributed by atoms with Crippen molar-refractivity contribution >= 4 is 30.4 Å². The number of carboxylic acids is 1. The Morgan fingerprint density at radius 3 is 2.05 bits per heavy atom. The molecule has 0 aromatic rings. The molecule has 4 atom stereocenters. The van der Waals surface area contributed by atoms with Gasteiger partial charge in [-0.2, -0.15) is 12.6 Å². The molecular weight excluding hydrogens is 306 g/mol. The molecule has 0 aromatic heterocycles. The van der Waals surface area contributed by atoms with Crippen LogP contribution in [-0.4, -0.2) is 46.8 Å². The maximum Gasteiger partial charge on any atom is 0.326 e. The molecule has 0 saturated heterocycles. The highest BCUT2D eigenvalue weighted by Gasteiger charge is 2.30. The lowest BCUT2D eigenvalue weighted by molar-refractivity contribution is -0.143. The van der Waals surface area contributed by atoms with Crippen molar-refractivity contribution in [3.05, 3.63) is 0 Å². The first-order valence-electron chi connectivity index (χ1n) is 7.35. The summed E-state index contributed by atoms with van der Waals surface area (Å²) in [6, 6.07) is -2.66. The SMILES string of the molecule is CC[C@H](C)[C@H](NC(=O)[C@H](CS)NC(=O)[C@@H](N)C(C)C)C(=O)O. The molecule has 0 aliphatic heterocycles. The number of nitrogens with one attached hydrogen (secondary N) is 2. The average Bonchev–Trinajstić information content (AvgIpc) is 2.47. The monoisotopic (exact) mass is 333 g/mol. The van der Waals surface area contributed by atoms with E-state index in [2.05, 4.69) is 23.3 Å². The zero-order valence-corrected chi connectivity index (χ0v) is 14.4. The van der Waals surface area contributed by atoms with Gasteiger partial charge in [0.05, 0.1) is 6.04 Å². The molecule has 0 aliphatic carbocycles. The van der Waals surface area contributed by atoms with Crippen LogP contribution < -0.4 is 16.4 Å². The first-order valence-corrected chi connectivity index (χ1v) is 7.98. The Balaban J connectivity index is 4.84. The number of carbonyl (C=O) groups excluding carboxylic acids is 2. The van der Waals surface area contributed by atoms with Gasteiger partial charge in [-0.15, -0.1) is 0 Å². The highest BCUT2D eigenvalue weighted by molar-refractivity contribution is 7.80. The van der Waals surface area contributed by atoms with E-state index in [9.17, 15) is 19.5 Å². The molecule has 22 heavy (non-hydrogen) atoms. The van der Waals surface area contributed by atoms with Gasteiger partial charge in [-0.3, -0.25) is 9.59 Å². The summed E-state index contributed by atoms with van der Waals surface area (Å²) in [6.07, 6.45) is 0.605. The second-order valence-electron chi connectivity index (χ2n) is 5.72. The zero-order chi connectivity index (χ0) is 17.4. The summed E-state index contributed by atoms with van der Waals surface area (Å²) in [5.41, 5.74) is 5.72. The van der Waals surface area contributed by atoms with Gasteiger partial charge < -0.3 is 21.5 Å². The average molecular weight is 333 g/mol. The topological polar surface area (TPSA) is 122 Å². The minimum Gasteiger partial charge on any atom is -0.480 e. The van der Waals surface area contributed by atoms with E-state index >= 15 is 0 Å². The van der Waals surface area contributed by atoms with E-state index in [1.165, 1.54) is 0 Å². The minimum atomic E-state index is -1.11. The van der Waals surface area contributed by atoms with Gasteiger partial charge >= 0.3 is 5.97 Å². The molecule has 0 radical (unpaired) electrons. The van der Waals surface area contributed by atoms with Crippen LogP contribution in [-0.2, 0) is 14.4 Å². The smallest absolute Gasteiger partial charge is 0.326 e. The number of amides is 2. The number of carboxylic acid groups (broad SMARTS) is 1. The Morgan fingerprint density at radius 2 is 1.68 bits per heavy atom. The van der Waals surface area contributed by atoms with Crippen molar-refractivity contribution in [2.24, 2.45) is 17.6 Å². The summed E-state index contributed by atoms with van der Waals surface area (Å²) < 4.78 is 0. The van der Waals surface area contributed by atoms with Crippen LogP contribution in [0.5, 0.6) is 0 Å². The third kappa shape index (κ3) is 6.23. The Bertz CT molecular complexity index is 404. The number of nitrogens with two attached hydrogens (primary N) is 1. The van der Waals surface area contributed by atoms with Crippen LogP contribution in [0.1, 0.15) is 34.1 Å². The Kier molecular flexibility index (Phi) is 9.12. The van der Waals surface area contributed by atoms with Gasteiger partial charge in [-0.1, -0.05) is 34.1 Å². The van der Waals surface area contributed by atoms with Crippen molar-refractivity contribution in [3.8, 4) is 0 Å². The molecule has 8 heteroatoms. The Labute approximate surface area is 136 Å². The number of carbonyl (C=O) groups is 3. The van der Waals surface area contributed by atoms with Crippen LogP contribution in [0.15, 0.2) is 0 Å². The maximum absolute atomic E-state index is 12.2. The summed E-state index contributed by atoms with van der Waals surface area (Å²) in [4.78, 5) is 35.3. The molecule has 128 valence electrons. The molecule has 7 nitrogen and oxygen atoms in total. The van der Waals surface area contributed by atoms with Gasteiger partial charge in [0.15, 0.2) is 0 Å². The lowest BCUT2D eigenvalue weighted by atomic mass is 9.99. The van der Waals surface area contributed by atoms with E-state index in [-0.39, 0.29) is 17.6 Å². The molecule has 0 aromatic carbocycles. The third-order valence-corrected chi connectivity index (χ3v) is 3.98. The largest absolute Gasteiger partial charge is 0.480 e. The molecule has 0 heterocycles. The fourth-order valence-electron chi connectivity index (χ4n) is 1.70. The predicted molar refractivity (Wildman–Crippen MR) is 87.6 cm³/mol. The highest BCUT2D eigenvalue weighted by Crippen LogP contribution is 2.08. The van der Waals surface area contributed by atoms with Crippen LogP contribution in [0.4, 0.5) is 0 Å².